The average Bonchev–Trinajstić information content (AvgIpc) is 2.62. The van der Waals surface area contributed by atoms with Crippen LogP contribution in [-0.2, 0) is 9.53 Å². The first-order valence-electron chi connectivity index (χ1n) is 11.0. The third kappa shape index (κ3) is 15.0. The molecule has 0 bridgehead atoms. The summed E-state index contributed by atoms with van der Waals surface area (Å²) in [6.07, 6.45) is 29.0. The molecule has 26 heavy (non-hydrogen) atoms. The van der Waals surface area contributed by atoms with Crippen molar-refractivity contribution in [1.82, 2.24) is 0 Å². The Morgan fingerprint density at radius 1 is 0.615 bits per heavy atom. The third-order valence-corrected chi connectivity index (χ3v) is 4.94. The number of esters is 1. The molecule has 0 spiro atoms. The van der Waals surface area contributed by atoms with Gasteiger partial charge < -0.3 is 4.74 Å². The first kappa shape index (κ1) is 22.7. The first-order valence-corrected chi connectivity index (χ1v) is 11.0. The molecule has 0 unspecified atom stereocenters. The van der Waals surface area contributed by atoms with E-state index in [-0.39, 0.29) is 5.97 Å². The van der Waals surface area contributed by atoms with Crippen LogP contribution in [0.4, 0.5) is 0 Å². The minimum absolute atomic E-state index is 0.124. The number of carbonyl (C=O) groups excluding carboxylic acids is 1. The Bertz CT molecular complexity index is 420. The zero-order valence-electron chi connectivity index (χ0n) is 16.9. The molecule has 0 aliphatic carbocycles. The zero-order valence-corrected chi connectivity index (χ0v) is 16.9. The smallest absolute Gasteiger partial charge is 0.310 e. The highest BCUT2D eigenvalue weighted by molar-refractivity contribution is 5.70. The van der Waals surface area contributed by atoms with Crippen molar-refractivity contribution < 1.29 is 9.53 Å². The number of rotatable bonds is 0. The van der Waals surface area contributed by atoms with Crippen molar-refractivity contribution in [2.24, 2.45) is 0 Å². The van der Waals surface area contributed by atoms with Crippen LogP contribution in [0.25, 0.3) is 0 Å². The molecule has 0 saturated heterocycles. The second-order valence-electron chi connectivity index (χ2n) is 7.52. The number of cyclic esters (lactones) is 1. The minimum atomic E-state index is -0.124. The molecular weight excluding hydrogens is 320 g/mol. The van der Waals surface area contributed by atoms with Gasteiger partial charge in [0.15, 0.2) is 0 Å². The highest BCUT2D eigenvalue weighted by Gasteiger charge is 2.04. The van der Waals surface area contributed by atoms with Crippen LogP contribution in [0.15, 0.2) is 36.6 Å². The van der Waals surface area contributed by atoms with Gasteiger partial charge in [-0.05, 0) is 32.1 Å². The van der Waals surface area contributed by atoms with Crippen molar-refractivity contribution in [3.8, 4) is 0 Å². The van der Waals surface area contributed by atoms with Crippen LogP contribution in [0.2, 0.25) is 0 Å². The van der Waals surface area contributed by atoms with Gasteiger partial charge in [0.2, 0.25) is 0 Å². The van der Waals surface area contributed by atoms with Gasteiger partial charge >= 0.3 is 5.97 Å². The lowest BCUT2D eigenvalue weighted by Gasteiger charge is -2.06. The maximum Gasteiger partial charge on any atom is 0.310 e. The second-order valence-corrected chi connectivity index (χ2v) is 7.52. The summed E-state index contributed by atoms with van der Waals surface area (Å²) in [5.74, 6) is 0.442. The number of allylic oxidation sites excluding steroid dienone is 4. The quantitative estimate of drug-likeness (QED) is 0.325. The minimum Gasteiger partial charge on any atom is -0.431 e. The molecule has 1 rings (SSSR count). The van der Waals surface area contributed by atoms with E-state index in [4.69, 9.17) is 4.74 Å². The van der Waals surface area contributed by atoms with E-state index in [0.717, 1.165) is 25.7 Å². The standard InChI is InChI=1S/C24H40O2/c1-23-21-19-17-15-13-11-9-7-5-3-2-4-6-8-10-12-14-16-18-20-22-24(25)26-23/h9,11,17,19H,1-8,10,12-16,18,20-22H2/b11-9+,19-17+. The Kier molecular flexibility index (Phi) is 15.0. The summed E-state index contributed by atoms with van der Waals surface area (Å²) in [7, 11) is 0. The molecule has 0 aromatic rings. The summed E-state index contributed by atoms with van der Waals surface area (Å²) >= 11 is 0. The lowest BCUT2D eigenvalue weighted by molar-refractivity contribution is -0.139. The summed E-state index contributed by atoms with van der Waals surface area (Å²) in [5.41, 5.74) is 0. The number of ether oxygens (including phenoxy) is 1. The molecule has 148 valence electrons. The molecule has 2 nitrogen and oxygen atoms in total. The van der Waals surface area contributed by atoms with Crippen molar-refractivity contribution in [2.45, 2.75) is 109 Å². The Hall–Kier alpha value is -1.31. The van der Waals surface area contributed by atoms with Gasteiger partial charge in [-0.3, -0.25) is 4.79 Å². The predicted molar refractivity (Wildman–Crippen MR) is 112 cm³/mol. The van der Waals surface area contributed by atoms with Gasteiger partial charge in [0, 0.05) is 12.8 Å². The molecule has 0 aromatic carbocycles. The van der Waals surface area contributed by atoms with Crippen LogP contribution >= 0.6 is 0 Å². The summed E-state index contributed by atoms with van der Waals surface area (Å²) in [5, 5.41) is 0. The van der Waals surface area contributed by atoms with Crippen LogP contribution in [-0.4, -0.2) is 5.97 Å². The van der Waals surface area contributed by atoms with Gasteiger partial charge in [-0.25, -0.2) is 0 Å². The zero-order chi connectivity index (χ0) is 18.7. The molecule has 1 aliphatic rings. The molecule has 0 radical (unpaired) electrons. The SMILES string of the molecule is C=C1C/C=C/CC/C=C/CCCCCCCCCCCCCCC(=O)O1. The molecule has 0 atom stereocenters. The normalized spacial score (nSPS) is 24.2. The van der Waals surface area contributed by atoms with Crippen LogP contribution in [0, 0.1) is 0 Å². The largest absolute Gasteiger partial charge is 0.431 e. The van der Waals surface area contributed by atoms with Crippen LogP contribution in [0.5, 0.6) is 0 Å². The van der Waals surface area contributed by atoms with Crippen LogP contribution in [0.3, 0.4) is 0 Å². The van der Waals surface area contributed by atoms with E-state index >= 15 is 0 Å². The molecular formula is C24H40O2. The summed E-state index contributed by atoms with van der Waals surface area (Å²) in [4.78, 5) is 11.8. The fourth-order valence-corrected chi connectivity index (χ4v) is 3.31. The van der Waals surface area contributed by atoms with E-state index in [0.29, 0.717) is 18.6 Å². The Labute approximate surface area is 161 Å². The maximum absolute atomic E-state index is 11.8. The van der Waals surface area contributed by atoms with Crippen LogP contribution in [0.1, 0.15) is 109 Å². The van der Waals surface area contributed by atoms with Gasteiger partial charge in [0.05, 0.1) is 0 Å². The fourth-order valence-electron chi connectivity index (χ4n) is 3.31. The lowest BCUT2D eigenvalue weighted by atomic mass is 10.0. The summed E-state index contributed by atoms with van der Waals surface area (Å²) in [6.45, 7) is 3.85. The van der Waals surface area contributed by atoms with Crippen molar-refractivity contribution in [2.75, 3.05) is 0 Å². The fraction of sp³-hybridized carbons (Fsp3) is 0.708. The van der Waals surface area contributed by atoms with Gasteiger partial charge in [0.1, 0.15) is 5.76 Å². The lowest BCUT2D eigenvalue weighted by Crippen LogP contribution is -2.03. The van der Waals surface area contributed by atoms with E-state index in [1.54, 1.807) is 0 Å². The van der Waals surface area contributed by atoms with Crippen LogP contribution < -0.4 is 0 Å². The topological polar surface area (TPSA) is 26.3 Å². The number of hydrogen-bond acceptors (Lipinski definition) is 2. The van der Waals surface area contributed by atoms with Crippen molar-refractivity contribution in [1.29, 1.82) is 0 Å². The van der Waals surface area contributed by atoms with E-state index in [1.807, 2.05) is 0 Å². The van der Waals surface area contributed by atoms with Crippen molar-refractivity contribution >= 4 is 5.97 Å². The molecule has 2 heteroatoms. The predicted octanol–water partition coefficient (Wildman–Crippen LogP) is 7.80. The molecule has 0 N–H and O–H groups in total. The van der Waals surface area contributed by atoms with E-state index in [9.17, 15) is 4.79 Å². The number of hydrogen-bond donors (Lipinski definition) is 0. The maximum atomic E-state index is 11.8. The third-order valence-electron chi connectivity index (χ3n) is 4.94. The molecule has 0 amide bonds. The molecule has 1 aliphatic heterocycles. The monoisotopic (exact) mass is 360 g/mol. The summed E-state index contributed by atoms with van der Waals surface area (Å²) in [6, 6.07) is 0. The van der Waals surface area contributed by atoms with E-state index < -0.39 is 0 Å². The second kappa shape index (κ2) is 17.1. The van der Waals surface area contributed by atoms with Crippen molar-refractivity contribution in [3.05, 3.63) is 36.6 Å². The highest BCUT2D eigenvalue weighted by atomic mass is 16.5. The Morgan fingerprint density at radius 2 is 1.08 bits per heavy atom. The number of carbonyl (C=O) groups is 1. The van der Waals surface area contributed by atoms with Gasteiger partial charge in [0.25, 0.3) is 0 Å². The van der Waals surface area contributed by atoms with Gasteiger partial charge in [-0.2, -0.15) is 0 Å². The first-order chi connectivity index (χ1) is 12.8. The Morgan fingerprint density at radius 3 is 1.69 bits per heavy atom. The summed E-state index contributed by atoms with van der Waals surface area (Å²) < 4.78 is 5.29. The average molecular weight is 361 g/mol. The van der Waals surface area contributed by atoms with Crippen molar-refractivity contribution in [3.63, 3.8) is 0 Å². The molecule has 0 saturated carbocycles. The molecule has 1 heterocycles. The molecule has 0 fully saturated rings. The van der Waals surface area contributed by atoms with E-state index in [2.05, 4.69) is 30.9 Å². The Balaban J connectivity index is 2.26. The van der Waals surface area contributed by atoms with E-state index in [1.165, 1.54) is 70.6 Å². The van der Waals surface area contributed by atoms with Gasteiger partial charge in [-0.1, -0.05) is 95.1 Å². The molecule has 0 aromatic heterocycles. The highest BCUT2D eigenvalue weighted by Crippen LogP contribution is 2.14. The van der Waals surface area contributed by atoms with Gasteiger partial charge in [-0.15, -0.1) is 0 Å².